The fourth-order valence-electron chi connectivity index (χ4n) is 4.14. The van der Waals surface area contributed by atoms with Crippen molar-refractivity contribution in [3.63, 3.8) is 0 Å². The zero-order valence-corrected chi connectivity index (χ0v) is 19.0. The molecule has 2 aliphatic rings. The number of halogens is 2. The van der Waals surface area contributed by atoms with E-state index in [-0.39, 0.29) is 17.9 Å². The Morgan fingerprint density at radius 2 is 2.10 bits per heavy atom. The second kappa shape index (κ2) is 9.02. The lowest BCUT2D eigenvalue weighted by Gasteiger charge is -2.34. The summed E-state index contributed by atoms with van der Waals surface area (Å²) in [6, 6.07) is 5.15. The topological polar surface area (TPSA) is 70.5 Å². The molecular formula is C22H25Cl2N5O2. The smallest absolute Gasteiger partial charge is 0.273 e. The molecule has 1 fully saturated rings. The highest BCUT2D eigenvalue weighted by atomic mass is 35.5. The zero-order chi connectivity index (χ0) is 22.1. The Morgan fingerprint density at radius 1 is 1.29 bits per heavy atom. The van der Waals surface area contributed by atoms with Gasteiger partial charge in [-0.25, -0.2) is 4.98 Å². The second-order valence-corrected chi connectivity index (χ2v) is 8.96. The first kappa shape index (κ1) is 21.9. The van der Waals surface area contributed by atoms with E-state index in [1.165, 1.54) is 6.20 Å². The average Bonchev–Trinajstić information content (AvgIpc) is 3.33. The van der Waals surface area contributed by atoms with Crippen LogP contribution in [-0.4, -0.2) is 56.8 Å². The number of benzene rings is 1. The third-order valence-electron chi connectivity index (χ3n) is 5.96. The van der Waals surface area contributed by atoms with Crippen LogP contribution in [-0.2, 0) is 17.9 Å². The standard InChI is InChI=1S/C22H25Cl2N5O2/c1-14-12-29-19(22(31)26-18-10-15(23)5-7-17(18)24)11-25-20(29)13-28(14)21(30)8-6-16-4-3-9-27(16)2/h5-8,10-11,14,16H,3-4,9,12-13H2,1-2H3,(H,26,31)/b8-6+/t14?,16-/m1/s1. The number of amides is 2. The maximum Gasteiger partial charge on any atom is 0.273 e. The van der Waals surface area contributed by atoms with Crippen LogP contribution in [0, 0.1) is 0 Å². The third kappa shape index (κ3) is 4.63. The van der Waals surface area contributed by atoms with Crippen molar-refractivity contribution in [1.82, 2.24) is 19.4 Å². The Hall–Kier alpha value is -2.35. The third-order valence-corrected chi connectivity index (χ3v) is 6.52. The predicted molar refractivity (Wildman–Crippen MR) is 121 cm³/mol. The summed E-state index contributed by atoms with van der Waals surface area (Å²) in [5, 5.41) is 3.68. The van der Waals surface area contributed by atoms with Gasteiger partial charge >= 0.3 is 0 Å². The van der Waals surface area contributed by atoms with Gasteiger partial charge in [-0.1, -0.05) is 29.3 Å². The lowest BCUT2D eigenvalue weighted by atomic mass is 10.1. The Bertz CT molecular complexity index is 1030. The van der Waals surface area contributed by atoms with Gasteiger partial charge < -0.3 is 14.8 Å². The van der Waals surface area contributed by atoms with Gasteiger partial charge in [0, 0.05) is 29.7 Å². The predicted octanol–water partition coefficient (Wildman–Crippen LogP) is 3.82. The first-order valence-corrected chi connectivity index (χ1v) is 11.1. The maximum absolute atomic E-state index is 12.8. The molecule has 2 aromatic rings. The minimum absolute atomic E-state index is 0.0289. The summed E-state index contributed by atoms with van der Waals surface area (Å²) >= 11 is 12.2. The molecule has 0 spiro atoms. The minimum Gasteiger partial charge on any atom is -0.327 e. The van der Waals surface area contributed by atoms with Crippen molar-refractivity contribution in [2.24, 2.45) is 0 Å². The van der Waals surface area contributed by atoms with Gasteiger partial charge in [0.15, 0.2) is 0 Å². The highest BCUT2D eigenvalue weighted by Gasteiger charge is 2.30. The molecule has 0 aliphatic carbocycles. The molecule has 31 heavy (non-hydrogen) atoms. The van der Waals surface area contributed by atoms with Crippen LogP contribution in [0.5, 0.6) is 0 Å². The number of aromatic nitrogens is 2. The molecule has 164 valence electrons. The number of rotatable bonds is 4. The fourth-order valence-corrected chi connectivity index (χ4v) is 4.48. The molecule has 2 amide bonds. The number of hydrogen-bond donors (Lipinski definition) is 1. The van der Waals surface area contributed by atoms with Gasteiger partial charge in [0.1, 0.15) is 11.5 Å². The Balaban J connectivity index is 1.47. The van der Waals surface area contributed by atoms with E-state index in [1.807, 2.05) is 17.6 Å². The van der Waals surface area contributed by atoms with Gasteiger partial charge in [-0.2, -0.15) is 0 Å². The zero-order valence-electron chi connectivity index (χ0n) is 17.5. The lowest BCUT2D eigenvalue weighted by Crippen LogP contribution is -2.45. The summed E-state index contributed by atoms with van der Waals surface area (Å²) in [7, 11) is 2.08. The van der Waals surface area contributed by atoms with E-state index in [1.54, 1.807) is 29.2 Å². The van der Waals surface area contributed by atoms with Crippen LogP contribution in [0.2, 0.25) is 10.0 Å². The first-order valence-electron chi connectivity index (χ1n) is 10.3. The van der Waals surface area contributed by atoms with E-state index in [2.05, 4.69) is 22.2 Å². The molecule has 1 saturated heterocycles. The Kier molecular flexibility index (Phi) is 6.36. The van der Waals surface area contributed by atoms with Crippen molar-refractivity contribution in [1.29, 1.82) is 0 Å². The van der Waals surface area contributed by atoms with Gasteiger partial charge in [0.05, 0.1) is 23.5 Å². The largest absolute Gasteiger partial charge is 0.327 e. The number of carbonyl (C=O) groups is 2. The number of anilines is 1. The van der Waals surface area contributed by atoms with Crippen LogP contribution in [0.1, 0.15) is 36.1 Å². The van der Waals surface area contributed by atoms with Crippen LogP contribution >= 0.6 is 23.2 Å². The van der Waals surface area contributed by atoms with Gasteiger partial charge in [-0.05, 0) is 51.6 Å². The highest BCUT2D eigenvalue weighted by molar-refractivity contribution is 6.35. The van der Waals surface area contributed by atoms with Crippen molar-refractivity contribution in [2.75, 3.05) is 18.9 Å². The molecule has 1 N–H and O–H groups in total. The van der Waals surface area contributed by atoms with Crippen LogP contribution in [0.25, 0.3) is 0 Å². The molecule has 2 atom stereocenters. The molecular weight excluding hydrogens is 437 g/mol. The van der Waals surface area contributed by atoms with Gasteiger partial charge in [0.2, 0.25) is 5.91 Å². The molecule has 0 saturated carbocycles. The summed E-state index contributed by atoms with van der Waals surface area (Å²) in [6.07, 6.45) is 7.44. The van der Waals surface area contributed by atoms with Crippen LogP contribution in [0.15, 0.2) is 36.5 Å². The Morgan fingerprint density at radius 3 is 2.84 bits per heavy atom. The average molecular weight is 462 g/mol. The van der Waals surface area contributed by atoms with Crippen molar-refractivity contribution in [2.45, 2.75) is 44.9 Å². The Labute approximate surface area is 191 Å². The van der Waals surface area contributed by atoms with E-state index in [0.29, 0.717) is 46.4 Å². The highest BCUT2D eigenvalue weighted by Crippen LogP contribution is 2.27. The van der Waals surface area contributed by atoms with Gasteiger partial charge in [-0.15, -0.1) is 0 Å². The fraction of sp³-hybridized carbons (Fsp3) is 0.409. The molecule has 9 heteroatoms. The second-order valence-electron chi connectivity index (χ2n) is 8.11. The molecule has 0 bridgehead atoms. The number of likely N-dealkylation sites (N-methyl/N-ethyl adjacent to an activating group) is 1. The molecule has 3 heterocycles. The number of imidazole rings is 1. The SMILES string of the molecule is CC1Cn2c(C(=O)Nc3cc(Cl)ccc3Cl)cnc2CN1C(=O)/C=C/[C@H]1CCCN1C. The monoisotopic (exact) mass is 461 g/mol. The summed E-state index contributed by atoms with van der Waals surface area (Å²) < 4.78 is 1.86. The quantitative estimate of drug-likeness (QED) is 0.702. The van der Waals surface area contributed by atoms with Crippen molar-refractivity contribution >= 4 is 40.7 Å². The number of likely N-dealkylation sites (tertiary alicyclic amines) is 1. The van der Waals surface area contributed by atoms with E-state index in [4.69, 9.17) is 23.2 Å². The van der Waals surface area contributed by atoms with Gasteiger partial charge in [-0.3, -0.25) is 14.5 Å². The molecule has 1 aromatic heterocycles. The van der Waals surface area contributed by atoms with E-state index in [9.17, 15) is 9.59 Å². The first-order chi connectivity index (χ1) is 14.8. The number of nitrogens with zero attached hydrogens (tertiary/aromatic N) is 4. The van der Waals surface area contributed by atoms with Crippen LogP contribution < -0.4 is 5.32 Å². The molecule has 1 aromatic carbocycles. The number of nitrogens with one attached hydrogen (secondary N) is 1. The number of carbonyl (C=O) groups excluding carboxylic acids is 2. The molecule has 1 unspecified atom stereocenters. The summed E-state index contributed by atoms with van der Waals surface area (Å²) in [6.45, 7) is 3.89. The van der Waals surface area contributed by atoms with Crippen molar-refractivity contribution in [3.05, 3.63) is 58.1 Å². The summed E-state index contributed by atoms with van der Waals surface area (Å²) in [5.41, 5.74) is 0.866. The van der Waals surface area contributed by atoms with Crippen LogP contribution in [0.3, 0.4) is 0 Å². The maximum atomic E-state index is 12.8. The van der Waals surface area contributed by atoms with E-state index < -0.39 is 0 Å². The van der Waals surface area contributed by atoms with Gasteiger partial charge in [0.25, 0.3) is 5.91 Å². The molecule has 7 nitrogen and oxygen atoms in total. The molecule has 2 aliphatic heterocycles. The molecule has 0 radical (unpaired) electrons. The van der Waals surface area contributed by atoms with E-state index >= 15 is 0 Å². The summed E-state index contributed by atoms with van der Waals surface area (Å²) in [4.78, 5) is 34.1. The van der Waals surface area contributed by atoms with E-state index in [0.717, 1.165) is 19.4 Å². The van der Waals surface area contributed by atoms with Crippen molar-refractivity contribution < 1.29 is 9.59 Å². The number of fused-ring (bicyclic) bond motifs is 1. The summed E-state index contributed by atoms with van der Waals surface area (Å²) in [5.74, 6) is 0.331. The normalized spacial score (nSPS) is 21.5. The molecule has 4 rings (SSSR count). The minimum atomic E-state index is -0.320. The number of hydrogen-bond acceptors (Lipinski definition) is 4. The van der Waals surface area contributed by atoms with Crippen LogP contribution in [0.4, 0.5) is 5.69 Å². The lowest BCUT2D eigenvalue weighted by molar-refractivity contribution is -0.129. The van der Waals surface area contributed by atoms with Crippen molar-refractivity contribution in [3.8, 4) is 0 Å².